The average Bonchev–Trinajstić information content (AvgIpc) is 2.57. The summed E-state index contributed by atoms with van der Waals surface area (Å²) in [6.07, 6.45) is 1.68. The molecule has 2 atom stereocenters. The maximum absolute atomic E-state index is 12.1. The first kappa shape index (κ1) is 20.3. The van der Waals surface area contributed by atoms with Crippen molar-refractivity contribution in [2.75, 3.05) is 26.2 Å². The Bertz CT molecular complexity index is 503. The van der Waals surface area contributed by atoms with Crippen LogP contribution in [0, 0.1) is 12.8 Å². The van der Waals surface area contributed by atoms with Gasteiger partial charge in [0, 0.05) is 37.6 Å². The molecular weight excluding hydrogens is 310 g/mol. The number of hydrogen-bond acceptors (Lipinski definition) is 5. The van der Waals surface area contributed by atoms with E-state index in [9.17, 15) is 15.0 Å². The molecule has 0 saturated carbocycles. The van der Waals surface area contributed by atoms with E-state index >= 15 is 0 Å². The lowest BCUT2D eigenvalue weighted by Gasteiger charge is -2.35. The Labute approximate surface area is 142 Å². The van der Waals surface area contributed by atoms with E-state index in [-0.39, 0.29) is 30.9 Å². The highest BCUT2D eigenvalue weighted by molar-refractivity contribution is 5.96. The zero-order valence-corrected chi connectivity index (χ0v) is 14.1. The standard InChI is InChI=1S/C17H25NO3.CH2O2/c1-13-4-6-14(7-5-13)16(20)3-2-9-18-10-8-17(21)15(11-18)12-19;2-1-3/h4-7,15,17,19,21H,2-3,8-12H2,1H3;1H,(H,2,3)/t15-,17-;/m1./s1. The summed E-state index contributed by atoms with van der Waals surface area (Å²) in [6, 6.07) is 7.70. The molecule has 6 nitrogen and oxygen atoms in total. The van der Waals surface area contributed by atoms with Crippen LogP contribution in [0.5, 0.6) is 0 Å². The summed E-state index contributed by atoms with van der Waals surface area (Å²) in [6.45, 7) is 4.20. The molecule has 2 rings (SSSR count). The first-order valence-electron chi connectivity index (χ1n) is 8.20. The fraction of sp³-hybridized carbons (Fsp3) is 0.556. The van der Waals surface area contributed by atoms with Crippen molar-refractivity contribution in [3.63, 3.8) is 0 Å². The molecule has 0 amide bonds. The van der Waals surface area contributed by atoms with Gasteiger partial charge in [-0.25, -0.2) is 0 Å². The second-order valence-corrected chi connectivity index (χ2v) is 6.10. The van der Waals surface area contributed by atoms with Gasteiger partial charge in [0.2, 0.25) is 0 Å². The third-order valence-corrected chi connectivity index (χ3v) is 4.26. The van der Waals surface area contributed by atoms with E-state index < -0.39 is 0 Å². The van der Waals surface area contributed by atoms with Crippen LogP contribution in [-0.4, -0.2) is 64.8 Å². The fourth-order valence-electron chi connectivity index (χ4n) is 2.82. The summed E-state index contributed by atoms with van der Waals surface area (Å²) < 4.78 is 0. The maximum atomic E-state index is 12.1. The Morgan fingerprint density at radius 3 is 2.54 bits per heavy atom. The molecule has 1 aromatic carbocycles. The van der Waals surface area contributed by atoms with E-state index in [1.54, 1.807) is 0 Å². The van der Waals surface area contributed by atoms with Gasteiger partial charge in [0.1, 0.15) is 0 Å². The molecule has 1 aliphatic heterocycles. The minimum atomic E-state index is -0.388. The monoisotopic (exact) mass is 337 g/mol. The number of carbonyl (C=O) groups is 2. The van der Waals surface area contributed by atoms with Crippen LogP contribution in [0.2, 0.25) is 0 Å². The van der Waals surface area contributed by atoms with E-state index in [0.29, 0.717) is 12.8 Å². The van der Waals surface area contributed by atoms with Gasteiger partial charge >= 0.3 is 0 Å². The van der Waals surface area contributed by atoms with E-state index in [2.05, 4.69) is 4.90 Å². The normalized spacial score (nSPS) is 20.8. The molecule has 6 heteroatoms. The molecule has 1 heterocycles. The van der Waals surface area contributed by atoms with Gasteiger partial charge in [-0.05, 0) is 26.3 Å². The number of carboxylic acid groups (broad SMARTS) is 1. The van der Waals surface area contributed by atoms with Gasteiger partial charge in [0.15, 0.2) is 5.78 Å². The molecule has 1 aliphatic rings. The second-order valence-electron chi connectivity index (χ2n) is 6.10. The van der Waals surface area contributed by atoms with Crippen LogP contribution >= 0.6 is 0 Å². The molecule has 0 aliphatic carbocycles. The third-order valence-electron chi connectivity index (χ3n) is 4.26. The largest absolute Gasteiger partial charge is 0.483 e. The molecular formula is C18H27NO5. The number of aliphatic hydroxyl groups excluding tert-OH is 2. The molecule has 0 unspecified atom stereocenters. The fourth-order valence-corrected chi connectivity index (χ4v) is 2.82. The SMILES string of the molecule is Cc1ccc(C(=O)CCCN2CC[C@@H](O)[C@@H](CO)C2)cc1.O=CO. The van der Waals surface area contributed by atoms with Crippen LogP contribution in [0.1, 0.15) is 35.2 Å². The molecule has 24 heavy (non-hydrogen) atoms. The quantitative estimate of drug-likeness (QED) is 0.535. The van der Waals surface area contributed by atoms with Crippen molar-refractivity contribution in [2.45, 2.75) is 32.3 Å². The zero-order valence-electron chi connectivity index (χ0n) is 14.1. The van der Waals surface area contributed by atoms with Crippen molar-refractivity contribution in [1.29, 1.82) is 0 Å². The van der Waals surface area contributed by atoms with Crippen LogP contribution in [0.15, 0.2) is 24.3 Å². The summed E-state index contributed by atoms with van der Waals surface area (Å²) in [4.78, 5) is 22.7. The number of hydrogen-bond donors (Lipinski definition) is 3. The van der Waals surface area contributed by atoms with Crippen LogP contribution in [0.3, 0.4) is 0 Å². The predicted molar refractivity (Wildman–Crippen MR) is 91.1 cm³/mol. The molecule has 0 radical (unpaired) electrons. The lowest BCUT2D eigenvalue weighted by molar-refractivity contribution is -0.122. The lowest BCUT2D eigenvalue weighted by Crippen LogP contribution is -2.44. The number of piperidine rings is 1. The molecule has 1 saturated heterocycles. The highest BCUT2D eigenvalue weighted by Gasteiger charge is 2.26. The first-order chi connectivity index (χ1) is 11.5. The van der Waals surface area contributed by atoms with Crippen molar-refractivity contribution < 1.29 is 24.9 Å². The minimum absolute atomic E-state index is 0.0277. The van der Waals surface area contributed by atoms with Crippen LogP contribution in [0.25, 0.3) is 0 Å². The van der Waals surface area contributed by atoms with Crippen molar-refractivity contribution in [1.82, 2.24) is 4.90 Å². The molecule has 1 fully saturated rings. The Balaban J connectivity index is 0.000000891. The van der Waals surface area contributed by atoms with E-state index in [0.717, 1.165) is 37.2 Å². The first-order valence-corrected chi connectivity index (χ1v) is 8.20. The third kappa shape index (κ3) is 6.78. The van der Waals surface area contributed by atoms with Gasteiger partial charge in [-0.1, -0.05) is 29.8 Å². The van der Waals surface area contributed by atoms with Crippen molar-refractivity contribution in [3.05, 3.63) is 35.4 Å². The van der Waals surface area contributed by atoms with E-state index in [4.69, 9.17) is 9.90 Å². The molecule has 134 valence electrons. The van der Waals surface area contributed by atoms with Crippen molar-refractivity contribution >= 4 is 12.3 Å². The van der Waals surface area contributed by atoms with Gasteiger partial charge in [0.25, 0.3) is 6.47 Å². The van der Waals surface area contributed by atoms with E-state index in [1.165, 1.54) is 0 Å². The van der Waals surface area contributed by atoms with Crippen LogP contribution < -0.4 is 0 Å². The highest BCUT2D eigenvalue weighted by Crippen LogP contribution is 2.17. The summed E-state index contributed by atoms with van der Waals surface area (Å²) in [5.41, 5.74) is 1.94. The summed E-state index contributed by atoms with van der Waals surface area (Å²) >= 11 is 0. The number of aliphatic hydroxyl groups is 2. The molecule has 0 bridgehead atoms. The minimum Gasteiger partial charge on any atom is -0.483 e. The average molecular weight is 337 g/mol. The smallest absolute Gasteiger partial charge is 0.290 e. The summed E-state index contributed by atoms with van der Waals surface area (Å²) in [5, 5.41) is 25.8. The van der Waals surface area contributed by atoms with Gasteiger partial charge in [0.05, 0.1) is 6.10 Å². The Morgan fingerprint density at radius 1 is 1.33 bits per heavy atom. The predicted octanol–water partition coefficient (Wildman–Crippen LogP) is 1.33. The zero-order chi connectivity index (χ0) is 17.9. The Morgan fingerprint density at radius 2 is 1.96 bits per heavy atom. The number of ketones is 1. The summed E-state index contributed by atoms with van der Waals surface area (Å²) in [7, 11) is 0. The van der Waals surface area contributed by atoms with Gasteiger partial charge in [-0.3, -0.25) is 9.59 Å². The van der Waals surface area contributed by atoms with Gasteiger partial charge in [-0.2, -0.15) is 0 Å². The maximum Gasteiger partial charge on any atom is 0.290 e. The number of rotatable bonds is 6. The molecule has 0 spiro atoms. The molecule has 3 N–H and O–H groups in total. The number of aryl methyl sites for hydroxylation is 1. The van der Waals surface area contributed by atoms with Crippen molar-refractivity contribution in [3.8, 4) is 0 Å². The highest BCUT2D eigenvalue weighted by atomic mass is 16.3. The Hall–Kier alpha value is -1.76. The summed E-state index contributed by atoms with van der Waals surface area (Å²) in [5.74, 6) is 0.136. The number of Topliss-reactive ketones (excluding diaryl/α,β-unsaturated/α-hetero) is 1. The number of likely N-dealkylation sites (tertiary alicyclic amines) is 1. The molecule has 0 aromatic heterocycles. The topological polar surface area (TPSA) is 98.1 Å². The van der Waals surface area contributed by atoms with E-state index in [1.807, 2.05) is 31.2 Å². The Kier molecular flexibility index (Phi) is 9.22. The van der Waals surface area contributed by atoms with Gasteiger partial charge < -0.3 is 20.2 Å². The van der Waals surface area contributed by atoms with Crippen LogP contribution in [0.4, 0.5) is 0 Å². The number of benzene rings is 1. The number of nitrogens with zero attached hydrogens (tertiary/aromatic N) is 1. The lowest BCUT2D eigenvalue weighted by atomic mass is 9.95. The van der Waals surface area contributed by atoms with Crippen molar-refractivity contribution in [2.24, 2.45) is 5.92 Å². The number of carbonyl (C=O) groups excluding carboxylic acids is 1. The van der Waals surface area contributed by atoms with Crippen LogP contribution in [-0.2, 0) is 4.79 Å². The van der Waals surface area contributed by atoms with Gasteiger partial charge in [-0.15, -0.1) is 0 Å². The molecule has 1 aromatic rings. The second kappa shape index (κ2) is 10.9.